The monoisotopic (exact) mass is 359 g/mol. The van der Waals surface area contributed by atoms with Gasteiger partial charge in [0.25, 0.3) is 0 Å². The smallest absolute Gasteiger partial charge is 0.224 e. The molecule has 1 N–H and O–H groups in total. The van der Waals surface area contributed by atoms with Crippen molar-refractivity contribution in [3.8, 4) is 0 Å². The molecule has 1 aromatic carbocycles. The molecule has 0 aliphatic heterocycles. The van der Waals surface area contributed by atoms with Crippen molar-refractivity contribution in [2.45, 2.75) is 47.0 Å². The number of carbonyl (C=O) groups is 1. The Morgan fingerprint density at radius 3 is 2.61 bits per heavy atom. The number of benzene rings is 1. The van der Waals surface area contributed by atoms with Gasteiger partial charge in [0.05, 0.1) is 12.3 Å². The second-order valence-electron chi connectivity index (χ2n) is 6.61. The molecule has 0 unspecified atom stereocenters. The van der Waals surface area contributed by atoms with Crippen LogP contribution < -0.4 is 5.32 Å². The molecule has 0 radical (unpaired) electrons. The summed E-state index contributed by atoms with van der Waals surface area (Å²) in [6.07, 6.45) is 1.45. The van der Waals surface area contributed by atoms with Gasteiger partial charge in [-0.1, -0.05) is 39.3 Å². The highest BCUT2D eigenvalue weighted by molar-refractivity contribution is 7.80. The molecule has 0 saturated carbocycles. The van der Waals surface area contributed by atoms with Gasteiger partial charge < -0.3 is 10.1 Å². The van der Waals surface area contributed by atoms with Gasteiger partial charge in [-0.15, -0.1) is 0 Å². The van der Waals surface area contributed by atoms with Gasteiger partial charge >= 0.3 is 0 Å². The van der Waals surface area contributed by atoms with Crippen LogP contribution in [0.2, 0.25) is 5.02 Å². The third kappa shape index (κ3) is 7.27. The number of halogens is 2. The van der Waals surface area contributed by atoms with Crippen molar-refractivity contribution >= 4 is 40.5 Å². The van der Waals surface area contributed by atoms with E-state index in [1.807, 2.05) is 27.7 Å². The van der Waals surface area contributed by atoms with Crippen molar-refractivity contribution in [3.63, 3.8) is 0 Å². The molecule has 23 heavy (non-hydrogen) atoms. The maximum Gasteiger partial charge on any atom is 0.224 e. The molecule has 1 aromatic rings. The summed E-state index contributed by atoms with van der Waals surface area (Å²) in [6, 6.07) is 2.70. The number of hydrogen-bond acceptors (Lipinski definition) is 3. The van der Waals surface area contributed by atoms with E-state index in [4.69, 9.17) is 28.6 Å². The maximum atomic E-state index is 14.0. The van der Waals surface area contributed by atoms with E-state index in [0.29, 0.717) is 30.1 Å². The number of ether oxygens (including phenoxy) is 1. The first-order valence-corrected chi connectivity index (χ1v) is 8.34. The molecule has 0 saturated heterocycles. The Morgan fingerprint density at radius 1 is 1.39 bits per heavy atom. The van der Waals surface area contributed by atoms with Crippen molar-refractivity contribution in [2.75, 3.05) is 11.9 Å². The predicted octanol–water partition coefficient (Wildman–Crippen LogP) is 5.15. The lowest BCUT2D eigenvalue weighted by molar-refractivity contribution is -0.117. The van der Waals surface area contributed by atoms with Gasteiger partial charge in [-0.05, 0) is 41.7 Å². The lowest BCUT2D eigenvalue weighted by Crippen LogP contribution is -2.20. The quantitative estimate of drug-likeness (QED) is 0.714. The molecule has 0 spiro atoms. The summed E-state index contributed by atoms with van der Waals surface area (Å²) >= 11 is 11.2. The van der Waals surface area contributed by atoms with E-state index in [0.717, 1.165) is 6.42 Å². The maximum absolute atomic E-state index is 14.0. The number of nitrogens with one attached hydrogen (secondary N) is 1. The van der Waals surface area contributed by atoms with Crippen LogP contribution in [0.25, 0.3) is 0 Å². The fraction of sp³-hybridized carbons (Fsp3) is 0.529. The van der Waals surface area contributed by atoms with Crippen molar-refractivity contribution in [1.29, 1.82) is 0 Å². The molecule has 3 nitrogen and oxygen atoms in total. The predicted molar refractivity (Wildman–Crippen MR) is 96.7 cm³/mol. The van der Waals surface area contributed by atoms with Crippen LogP contribution in [-0.2, 0) is 16.0 Å². The first kappa shape index (κ1) is 19.8. The molecule has 0 atom stereocenters. The molecule has 6 heteroatoms. The third-order valence-electron chi connectivity index (χ3n) is 2.90. The molecule has 1 amide bonds. The Labute approximate surface area is 147 Å². The zero-order chi connectivity index (χ0) is 17.6. The van der Waals surface area contributed by atoms with Crippen LogP contribution in [0.1, 0.15) is 46.1 Å². The summed E-state index contributed by atoms with van der Waals surface area (Å²) in [5.74, 6) is -0.809. The van der Waals surface area contributed by atoms with E-state index < -0.39 is 5.82 Å². The first-order valence-electron chi connectivity index (χ1n) is 7.56. The topological polar surface area (TPSA) is 38.3 Å². The van der Waals surface area contributed by atoms with Crippen LogP contribution >= 0.6 is 23.8 Å². The minimum absolute atomic E-state index is 0.108. The average Bonchev–Trinajstić information content (AvgIpc) is 2.39. The van der Waals surface area contributed by atoms with E-state index in [-0.39, 0.29) is 22.0 Å². The van der Waals surface area contributed by atoms with Crippen molar-refractivity contribution in [3.05, 3.63) is 28.5 Å². The highest BCUT2D eigenvalue weighted by atomic mass is 35.5. The van der Waals surface area contributed by atoms with Crippen LogP contribution in [0.15, 0.2) is 12.1 Å². The van der Waals surface area contributed by atoms with Crippen LogP contribution in [0.4, 0.5) is 10.1 Å². The highest BCUT2D eigenvalue weighted by Crippen LogP contribution is 2.26. The minimum Gasteiger partial charge on any atom is -0.487 e. The van der Waals surface area contributed by atoms with E-state index in [1.165, 1.54) is 12.1 Å². The molecule has 0 aromatic heterocycles. The summed E-state index contributed by atoms with van der Waals surface area (Å²) in [5.41, 5.74) is 0.558. The lowest BCUT2D eigenvalue weighted by Gasteiger charge is -2.18. The number of hydrogen-bond donors (Lipinski definition) is 1. The second kappa shape index (κ2) is 8.60. The first-order chi connectivity index (χ1) is 10.6. The second-order valence-corrected chi connectivity index (χ2v) is 7.47. The SMILES string of the molecule is CCCOC(=S)Cc1cc(NC(=O)CC(C)(C)C)c(F)cc1Cl. The summed E-state index contributed by atoms with van der Waals surface area (Å²) in [4.78, 5) is 12.0. The Kier molecular flexibility index (Phi) is 7.42. The Hall–Kier alpha value is -1.20. The van der Waals surface area contributed by atoms with Crippen molar-refractivity contribution in [2.24, 2.45) is 5.41 Å². The third-order valence-corrected chi connectivity index (χ3v) is 3.52. The van der Waals surface area contributed by atoms with E-state index in [1.54, 1.807) is 0 Å². The van der Waals surface area contributed by atoms with Gasteiger partial charge in [0, 0.05) is 17.9 Å². The van der Waals surface area contributed by atoms with E-state index >= 15 is 0 Å². The molecule has 0 fully saturated rings. The fourth-order valence-corrected chi connectivity index (χ4v) is 2.38. The lowest BCUT2D eigenvalue weighted by atomic mass is 9.92. The molecule has 1 rings (SSSR count). The summed E-state index contributed by atoms with van der Waals surface area (Å²) in [6.45, 7) is 8.35. The summed E-state index contributed by atoms with van der Waals surface area (Å²) < 4.78 is 19.4. The average molecular weight is 360 g/mol. The molecule has 0 aliphatic rings. The molecular formula is C17H23ClFNO2S. The largest absolute Gasteiger partial charge is 0.487 e. The van der Waals surface area contributed by atoms with Gasteiger partial charge in [0.2, 0.25) is 5.91 Å². The van der Waals surface area contributed by atoms with E-state index in [9.17, 15) is 9.18 Å². The fourth-order valence-electron chi connectivity index (χ4n) is 1.92. The van der Waals surface area contributed by atoms with Gasteiger partial charge in [0.15, 0.2) is 5.05 Å². The number of rotatable bonds is 6. The Balaban J connectivity index is 2.87. The zero-order valence-electron chi connectivity index (χ0n) is 14.0. The molecular weight excluding hydrogens is 337 g/mol. The van der Waals surface area contributed by atoms with Crippen LogP contribution in [0, 0.1) is 11.2 Å². The Morgan fingerprint density at radius 2 is 2.04 bits per heavy atom. The van der Waals surface area contributed by atoms with Gasteiger partial charge in [-0.3, -0.25) is 4.79 Å². The van der Waals surface area contributed by atoms with E-state index in [2.05, 4.69) is 5.32 Å². The zero-order valence-corrected chi connectivity index (χ0v) is 15.5. The highest BCUT2D eigenvalue weighted by Gasteiger charge is 2.18. The number of carbonyl (C=O) groups excluding carboxylic acids is 1. The van der Waals surface area contributed by atoms with Gasteiger partial charge in [0.1, 0.15) is 5.82 Å². The van der Waals surface area contributed by atoms with Crippen molar-refractivity contribution < 1.29 is 13.9 Å². The molecule has 0 aliphatic carbocycles. The van der Waals surface area contributed by atoms with Crippen LogP contribution in [0.5, 0.6) is 0 Å². The summed E-state index contributed by atoms with van der Waals surface area (Å²) in [5, 5.41) is 3.25. The molecule has 0 bridgehead atoms. The Bertz CT molecular complexity index is 585. The van der Waals surface area contributed by atoms with Crippen molar-refractivity contribution in [1.82, 2.24) is 0 Å². The van der Waals surface area contributed by atoms with Crippen LogP contribution in [-0.4, -0.2) is 17.6 Å². The van der Waals surface area contributed by atoms with Crippen LogP contribution in [0.3, 0.4) is 0 Å². The van der Waals surface area contributed by atoms with Gasteiger partial charge in [-0.25, -0.2) is 4.39 Å². The standard InChI is InChI=1S/C17H23ClFNO2S/c1-5-6-22-16(23)8-11-7-14(13(19)9-12(11)18)20-15(21)10-17(2,3)4/h7,9H,5-6,8,10H2,1-4H3,(H,20,21). The molecule has 0 heterocycles. The normalized spacial score (nSPS) is 11.2. The molecule has 128 valence electrons. The number of thiocarbonyl (C=S) groups is 1. The number of anilines is 1. The number of amides is 1. The summed E-state index contributed by atoms with van der Waals surface area (Å²) in [7, 11) is 0. The van der Waals surface area contributed by atoms with Gasteiger partial charge in [-0.2, -0.15) is 0 Å². The minimum atomic E-state index is -0.568.